The van der Waals surface area contributed by atoms with E-state index in [1.807, 2.05) is 11.8 Å². The van der Waals surface area contributed by atoms with Crippen LogP contribution in [0.3, 0.4) is 0 Å². The quantitative estimate of drug-likeness (QED) is 0.820. The van der Waals surface area contributed by atoms with Crippen LogP contribution in [0.5, 0.6) is 0 Å². The van der Waals surface area contributed by atoms with Crippen LogP contribution in [-0.2, 0) is 4.79 Å². The maximum Gasteiger partial charge on any atom is 0.326 e. The molecule has 0 radical (unpaired) electrons. The van der Waals surface area contributed by atoms with E-state index in [9.17, 15) is 9.59 Å². The number of carboxylic acid groups (broad SMARTS) is 1. The first-order chi connectivity index (χ1) is 8.31. The molecule has 1 fully saturated rings. The number of rotatable bonds is 3. The largest absolute Gasteiger partial charge is 0.480 e. The molecule has 5 nitrogen and oxygen atoms in total. The molecule has 0 saturated carbocycles. The molecule has 0 aromatic carbocycles. The number of hydrogen-bond donors (Lipinski definition) is 2. The highest BCUT2D eigenvalue weighted by Gasteiger charge is 2.29. The van der Waals surface area contributed by atoms with Crippen molar-refractivity contribution < 1.29 is 14.7 Å². The Labute approximate surface area is 112 Å². The molecule has 0 aromatic heterocycles. The number of aliphatic carboxylic acids is 1. The van der Waals surface area contributed by atoms with Crippen LogP contribution in [0.1, 0.15) is 27.7 Å². The third-order valence-corrected chi connectivity index (χ3v) is 4.15. The fourth-order valence-corrected chi connectivity index (χ4v) is 3.41. The molecular formula is C12H22N2O3S. The van der Waals surface area contributed by atoms with E-state index in [1.165, 1.54) is 0 Å². The van der Waals surface area contributed by atoms with E-state index in [1.54, 1.807) is 18.7 Å². The van der Waals surface area contributed by atoms with Crippen molar-refractivity contribution in [3.05, 3.63) is 0 Å². The number of thioether (sulfide) groups is 1. The summed E-state index contributed by atoms with van der Waals surface area (Å²) in [4.78, 5) is 24.8. The first-order valence-corrected chi connectivity index (χ1v) is 7.19. The zero-order valence-corrected chi connectivity index (χ0v) is 12.2. The van der Waals surface area contributed by atoms with Gasteiger partial charge in [0.05, 0.1) is 0 Å². The summed E-state index contributed by atoms with van der Waals surface area (Å²) in [5.41, 5.74) is 0. The molecule has 18 heavy (non-hydrogen) atoms. The number of nitrogens with zero attached hydrogens (tertiary/aromatic N) is 1. The van der Waals surface area contributed by atoms with E-state index in [4.69, 9.17) is 5.11 Å². The first kappa shape index (κ1) is 15.1. The molecular weight excluding hydrogens is 252 g/mol. The van der Waals surface area contributed by atoms with Gasteiger partial charge in [-0.25, -0.2) is 9.59 Å². The van der Waals surface area contributed by atoms with Crippen LogP contribution in [0.4, 0.5) is 4.79 Å². The first-order valence-electron chi connectivity index (χ1n) is 6.25. The predicted molar refractivity (Wildman–Crippen MR) is 72.9 cm³/mol. The molecule has 1 rings (SSSR count). The summed E-state index contributed by atoms with van der Waals surface area (Å²) in [6.07, 6.45) is 0. The van der Waals surface area contributed by atoms with Crippen LogP contribution >= 0.6 is 11.8 Å². The van der Waals surface area contributed by atoms with Crippen molar-refractivity contribution in [1.82, 2.24) is 10.2 Å². The Morgan fingerprint density at radius 3 is 2.17 bits per heavy atom. The average Bonchev–Trinajstić information content (AvgIpc) is 2.23. The van der Waals surface area contributed by atoms with E-state index in [0.29, 0.717) is 23.6 Å². The minimum atomic E-state index is -0.981. The SMILES string of the molecule is CC1CN(C(=O)NC(C(=O)O)C(C)C)CC(C)S1. The molecule has 104 valence electrons. The lowest BCUT2D eigenvalue weighted by Crippen LogP contribution is -2.54. The second-order valence-electron chi connectivity index (χ2n) is 5.17. The third kappa shape index (κ3) is 4.08. The number of hydrogen-bond acceptors (Lipinski definition) is 3. The van der Waals surface area contributed by atoms with Gasteiger partial charge in [-0.1, -0.05) is 27.7 Å². The highest BCUT2D eigenvalue weighted by atomic mass is 32.2. The Balaban J connectivity index is 2.61. The minimum absolute atomic E-state index is 0.125. The van der Waals surface area contributed by atoms with Crippen LogP contribution in [0.15, 0.2) is 0 Å². The number of urea groups is 1. The van der Waals surface area contributed by atoms with Gasteiger partial charge in [0.25, 0.3) is 0 Å². The van der Waals surface area contributed by atoms with E-state index in [2.05, 4.69) is 19.2 Å². The maximum atomic E-state index is 12.1. The smallest absolute Gasteiger partial charge is 0.326 e. The van der Waals surface area contributed by atoms with E-state index in [0.717, 1.165) is 0 Å². The number of carbonyl (C=O) groups is 2. The fourth-order valence-electron chi connectivity index (χ4n) is 2.08. The summed E-state index contributed by atoms with van der Waals surface area (Å²) < 4.78 is 0. The molecule has 3 atom stereocenters. The molecule has 6 heteroatoms. The van der Waals surface area contributed by atoms with Gasteiger partial charge in [-0.2, -0.15) is 11.8 Å². The van der Waals surface area contributed by atoms with E-state index >= 15 is 0 Å². The molecule has 1 aliphatic rings. The Morgan fingerprint density at radius 1 is 1.28 bits per heavy atom. The summed E-state index contributed by atoms with van der Waals surface area (Å²) >= 11 is 1.86. The number of carbonyl (C=O) groups excluding carboxylic acids is 1. The van der Waals surface area contributed by atoms with Crippen molar-refractivity contribution in [2.45, 2.75) is 44.2 Å². The van der Waals surface area contributed by atoms with E-state index in [-0.39, 0.29) is 11.9 Å². The minimum Gasteiger partial charge on any atom is -0.480 e. The molecule has 2 amide bonds. The maximum absolute atomic E-state index is 12.1. The Morgan fingerprint density at radius 2 is 1.78 bits per heavy atom. The lowest BCUT2D eigenvalue weighted by atomic mass is 10.1. The van der Waals surface area contributed by atoms with Crippen molar-refractivity contribution >= 4 is 23.8 Å². The highest BCUT2D eigenvalue weighted by molar-refractivity contribution is 8.00. The zero-order valence-electron chi connectivity index (χ0n) is 11.3. The Bertz CT molecular complexity index is 312. The van der Waals surface area contributed by atoms with Crippen LogP contribution in [0.2, 0.25) is 0 Å². The van der Waals surface area contributed by atoms with Gasteiger partial charge in [-0.15, -0.1) is 0 Å². The summed E-state index contributed by atoms with van der Waals surface area (Å²) in [7, 11) is 0. The van der Waals surface area contributed by atoms with Gasteiger partial charge in [0.15, 0.2) is 0 Å². The number of amides is 2. The fraction of sp³-hybridized carbons (Fsp3) is 0.833. The number of carboxylic acids is 1. The average molecular weight is 274 g/mol. The van der Waals surface area contributed by atoms with Gasteiger partial charge in [-0.3, -0.25) is 0 Å². The van der Waals surface area contributed by atoms with Crippen molar-refractivity contribution in [1.29, 1.82) is 0 Å². The van der Waals surface area contributed by atoms with Crippen LogP contribution < -0.4 is 5.32 Å². The molecule has 1 aliphatic heterocycles. The normalized spacial score (nSPS) is 25.9. The highest BCUT2D eigenvalue weighted by Crippen LogP contribution is 2.24. The second-order valence-corrected chi connectivity index (χ2v) is 7.05. The van der Waals surface area contributed by atoms with Gasteiger partial charge in [0.2, 0.25) is 0 Å². The van der Waals surface area contributed by atoms with Gasteiger partial charge in [0.1, 0.15) is 6.04 Å². The monoisotopic (exact) mass is 274 g/mol. The third-order valence-electron chi connectivity index (χ3n) is 2.92. The van der Waals surface area contributed by atoms with Crippen LogP contribution in [0.25, 0.3) is 0 Å². The second kappa shape index (κ2) is 6.31. The van der Waals surface area contributed by atoms with Gasteiger partial charge < -0.3 is 15.3 Å². The van der Waals surface area contributed by atoms with Gasteiger partial charge in [-0.05, 0) is 5.92 Å². The summed E-state index contributed by atoms with van der Waals surface area (Å²) in [5.74, 6) is -1.11. The molecule has 0 aromatic rings. The zero-order chi connectivity index (χ0) is 13.9. The number of nitrogens with one attached hydrogen (secondary N) is 1. The van der Waals surface area contributed by atoms with Crippen LogP contribution in [0, 0.1) is 5.92 Å². The summed E-state index contributed by atoms with van der Waals surface area (Å²) in [5, 5.41) is 12.4. The summed E-state index contributed by atoms with van der Waals surface area (Å²) in [6.45, 7) is 9.08. The van der Waals surface area contributed by atoms with Gasteiger partial charge >= 0.3 is 12.0 Å². The van der Waals surface area contributed by atoms with Crippen molar-refractivity contribution in [3.63, 3.8) is 0 Å². The van der Waals surface area contributed by atoms with E-state index < -0.39 is 12.0 Å². The molecule has 1 heterocycles. The van der Waals surface area contributed by atoms with Gasteiger partial charge in [0, 0.05) is 23.6 Å². The summed E-state index contributed by atoms with van der Waals surface area (Å²) in [6, 6.07) is -1.09. The Hall–Kier alpha value is -0.910. The van der Waals surface area contributed by atoms with Crippen molar-refractivity contribution in [2.75, 3.05) is 13.1 Å². The van der Waals surface area contributed by atoms with Crippen molar-refractivity contribution in [3.8, 4) is 0 Å². The molecule has 2 N–H and O–H groups in total. The topological polar surface area (TPSA) is 69.6 Å². The predicted octanol–water partition coefficient (Wildman–Crippen LogP) is 1.63. The molecule has 0 aliphatic carbocycles. The van der Waals surface area contributed by atoms with Crippen molar-refractivity contribution in [2.24, 2.45) is 5.92 Å². The Kier molecular flexibility index (Phi) is 5.31. The van der Waals surface area contributed by atoms with Crippen LogP contribution in [-0.4, -0.2) is 51.6 Å². The molecule has 1 saturated heterocycles. The lowest BCUT2D eigenvalue weighted by Gasteiger charge is -2.35. The molecule has 0 spiro atoms. The molecule has 3 unspecified atom stereocenters. The molecule has 0 bridgehead atoms. The standard InChI is InChI=1S/C12H22N2O3S/c1-7(2)10(11(15)16)13-12(17)14-5-8(3)18-9(4)6-14/h7-10H,5-6H2,1-4H3,(H,13,17)(H,15,16). The lowest BCUT2D eigenvalue weighted by molar-refractivity contribution is -0.140.